The van der Waals surface area contributed by atoms with Gasteiger partial charge in [-0.05, 0) is 43.7 Å². The molecule has 3 aromatic carbocycles. The lowest BCUT2D eigenvalue weighted by Crippen LogP contribution is -1.92. The molecule has 0 aliphatic heterocycles. The normalized spacial score (nSPS) is 11.8. The molecule has 2 nitrogen and oxygen atoms in total. The summed E-state index contributed by atoms with van der Waals surface area (Å²) in [6.07, 6.45) is 1.93. The minimum absolute atomic E-state index is 0.968. The van der Waals surface area contributed by atoms with Crippen molar-refractivity contribution in [2.75, 3.05) is 0 Å². The van der Waals surface area contributed by atoms with Gasteiger partial charge in [0.25, 0.3) is 0 Å². The zero-order valence-corrected chi connectivity index (χ0v) is 14.0. The van der Waals surface area contributed by atoms with E-state index in [1.807, 2.05) is 6.21 Å². The summed E-state index contributed by atoms with van der Waals surface area (Å²) < 4.78 is 2.36. The molecule has 0 spiro atoms. The summed E-state index contributed by atoms with van der Waals surface area (Å²) >= 11 is 0. The molecule has 0 aliphatic carbocycles. The van der Waals surface area contributed by atoms with Crippen molar-refractivity contribution in [3.8, 4) is 0 Å². The first kappa shape index (κ1) is 14.7. The van der Waals surface area contributed by atoms with Gasteiger partial charge in [0.1, 0.15) is 0 Å². The number of benzene rings is 3. The molecular formula is C22H20N2. The number of aliphatic imine (C=N–C) groups is 1. The summed E-state index contributed by atoms with van der Waals surface area (Å²) in [7, 11) is 0. The lowest BCUT2D eigenvalue weighted by atomic mass is 10.1. The number of para-hydroxylation sites is 1. The van der Waals surface area contributed by atoms with E-state index in [9.17, 15) is 0 Å². The van der Waals surface area contributed by atoms with Crippen molar-refractivity contribution in [3.63, 3.8) is 0 Å². The molecule has 0 amide bonds. The average molecular weight is 312 g/mol. The molecule has 4 aromatic rings. The van der Waals surface area contributed by atoms with Crippen LogP contribution in [-0.4, -0.2) is 10.8 Å². The lowest BCUT2D eigenvalue weighted by molar-refractivity contribution is 0.827. The second-order valence-corrected chi connectivity index (χ2v) is 6.13. The van der Waals surface area contributed by atoms with Crippen molar-refractivity contribution < 1.29 is 0 Å². The Balaban J connectivity index is 1.80. The van der Waals surface area contributed by atoms with Gasteiger partial charge in [-0.1, -0.05) is 48.0 Å². The SMILES string of the molecule is CCn1c2ccccc2c2cc(N=Cc3ccc(C)cc3)ccc21. The van der Waals surface area contributed by atoms with E-state index >= 15 is 0 Å². The molecule has 0 radical (unpaired) electrons. The third kappa shape index (κ3) is 2.50. The Morgan fingerprint density at radius 3 is 2.42 bits per heavy atom. The van der Waals surface area contributed by atoms with Crippen LogP contribution in [0.4, 0.5) is 5.69 Å². The highest BCUT2D eigenvalue weighted by molar-refractivity contribution is 6.09. The molecule has 0 aliphatic rings. The van der Waals surface area contributed by atoms with Crippen LogP contribution in [0.15, 0.2) is 71.7 Å². The van der Waals surface area contributed by atoms with Crippen LogP contribution >= 0.6 is 0 Å². The monoisotopic (exact) mass is 312 g/mol. The quantitative estimate of drug-likeness (QED) is 0.421. The molecule has 1 heterocycles. The zero-order chi connectivity index (χ0) is 16.5. The van der Waals surface area contributed by atoms with Crippen LogP contribution < -0.4 is 0 Å². The van der Waals surface area contributed by atoms with Crippen molar-refractivity contribution in [2.45, 2.75) is 20.4 Å². The number of aromatic nitrogens is 1. The van der Waals surface area contributed by atoms with E-state index in [-0.39, 0.29) is 0 Å². The van der Waals surface area contributed by atoms with Crippen molar-refractivity contribution in [1.82, 2.24) is 4.57 Å². The van der Waals surface area contributed by atoms with Crippen molar-refractivity contribution >= 4 is 33.7 Å². The van der Waals surface area contributed by atoms with Crippen LogP contribution in [0.5, 0.6) is 0 Å². The van der Waals surface area contributed by atoms with Gasteiger partial charge < -0.3 is 4.57 Å². The molecular weight excluding hydrogens is 292 g/mol. The van der Waals surface area contributed by atoms with Crippen LogP contribution in [0.25, 0.3) is 21.8 Å². The summed E-state index contributed by atoms with van der Waals surface area (Å²) in [4.78, 5) is 4.66. The minimum atomic E-state index is 0.968. The smallest absolute Gasteiger partial charge is 0.0637 e. The van der Waals surface area contributed by atoms with E-state index in [0.717, 1.165) is 17.8 Å². The molecule has 1 aromatic heterocycles. The molecule has 24 heavy (non-hydrogen) atoms. The van der Waals surface area contributed by atoms with E-state index in [2.05, 4.69) is 90.1 Å². The van der Waals surface area contributed by atoms with Gasteiger partial charge in [0.05, 0.1) is 5.69 Å². The lowest BCUT2D eigenvalue weighted by Gasteiger charge is -2.02. The molecule has 0 unspecified atom stereocenters. The van der Waals surface area contributed by atoms with Gasteiger partial charge in [0.2, 0.25) is 0 Å². The molecule has 2 heteroatoms. The molecule has 4 rings (SSSR count). The maximum Gasteiger partial charge on any atom is 0.0637 e. The second-order valence-electron chi connectivity index (χ2n) is 6.13. The summed E-state index contributed by atoms with van der Waals surface area (Å²) in [5, 5.41) is 2.56. The van der Waals surface area contributed by atoms with Gasteiger partial charge in [-0.15, -0.1) is 0 Å². The minimum Gasteiger partial charge on any atom is -0.341 e. The first-order valence-electron chi connectivity index (χ1n) is 8.38. The summed E-state index contributed by atoms with van der Waals surface area (Å²) in [6, 6.07) is 23.5. The molecule has 118 valence electrons. The van der Waals surface area contributed by atoms with Gasteiger partial charge in [0.15, 0.2) is 0 Å². The Hall–Kier alpha value is -2.87. The molecule has 0 N–H and O–H groups in total. The average Bonchev–Trinajstić information content (AvgIpc) is 2.94. The van der Waals surface area contributed by atoms with Gasteiger partial charge >= 0.3 is 0 Å². The van der Waals surface area contributed by atoms with E-state index in [4.69, 9.17) is 0 Å². The van der Waals surface area contributed by atoms with Crippen molar-refractivity contribution in [2.24, 2.45) is 4.99 Å². The maximum absolute atomic E-state index is 4.66. The van der Waals surface area contributed by atoms with Gasteiger partial charge in [-0.2, -0.15) is 0 Å². The zero-order valence-electron chi connectivity index (χ0n) is 14.0. The molecule has 0 saturated carbocycles. The molecule has 0 atom stereocenters. The molecule has 0 bridgehead atoms. The third-order valence-corrected chi connectivity index (χ3v) is 4.51. The summed E-state index contributed by atoms with van der Waals surface area (Å²) in [6.45, 7) is 5.25. The maximum atomic E-state index is 4.66. The largest absolute Gasteiger partial charge is 0.341 e. The fourth-order valence-corrected chi connectivity index (χ4v) is 3.26. The Kier molecular flexibility index (Phi) is 3.66. The van der Waals surface area contributed by atoms with Crippen molar-refractivity contribution in [3.05, 3.63) is 77.9 Å². The van der Waals surface area contributed by atoms with Crippen LogP contribution in [0.1, 0.15) is 18.1 Å². The number of nitrogens with zero attached hydrogens (tertiary/aromatic N) is 2. The first-order valence-corrected chi connectivity index (χ1v) is 8.38. The Morgan fingerprint density at radius 1 is 0.875 bits per heavy atom. The Morgan fingerprint density at radius 2 is 1.62 bits per heavy atom. The topological polar surface area (TPSA) is 17.3 Å². The highest BCUT2D eigenvalue weighted by Gasteiger charge is 2.09. The highest BCUT2D eigenvalue weighted by atomic mass is 15.0. The summed E-state index contributed by atoms with van der Waals surface area (Å²) in [5.74, 6) is 0. The van der Waals surface area contributed by atoms with Gasteiger partial charge in [-0.3, -0.25) is 4.99 Å². The first-order chi connectivity index (χ1) is 11.8. The van der Waals surface area contributed by atoms with E-state index in [1.165, 1.54) is 27.4 Å². The standard InChI is InChI=1S/C22H20N2/c1-3-24-21-7-5-4-6-19(21)20-14-18(12-13-22(20)24)23-15-17-10-8-16(2)9-11-17/h4-15H,3H2,1-2H3. The fourth-order valence-electron chi connectivity index (χ4n) is 3.26. The van der Waals surface area contributed by atoms with Crippen LogP contribution in [0.3, 0.4) is 0 Å². The Labute approximate surface area is 142 Å². The van der Waals surface area contributed by atoms with Gasteiger partial charge in [0, 0.05) is 34.6 Å². The number of aryl methyl sites for hydroxylation is 2. The van der Waals surface area contributed by atoms with Crippen LogP contribution in [0, 0.1) is 6.92 Å². The third-order valence-electron chi connectivity index (χ3n) is 4.51. The van der Waals surface area contributed by atoms with E-state index in [1.54, 1.807) is 0 Å². The number of rotatable bonds is 3. The van der Waals surface area contributed by atoms with Gasteiger partial charge in [-0.25, -0.2) is 0 Å². The van der Waals surface area contributed by atoms with E-state index in [0.29, 0.717) is 0 Å². The molecule has 0 saturated heterocycles. The number of fused-ring (bicyclic) bond motifs is 3. The van der Waals surface area contributed by atoms with Crippen LogP contribution in [-0.2, 0) is 6.54 Å². The number of hydrogen-bond donors (Lipinski definition) is 0. The second kappa shape index (κ2) is 5.97. The summed E-state index contributed by atoms with van der Waals surface area (Å²) in [5.41, 5.74) is 5.93. The number of hydrogen-bond acceptors (Lipinski definition) is 1. The fraction of sp³-hybridized carbons (Fsp3) is 0.136. The predicted octanol–water partition coefficient (Wildman–Crippen LogP) is 5.87. The van der Waals surface area contributed by atoms with Crippen molar-refractivity contribution in [1.29, 1.82) is 0 Å². The van der Waals surface area contributed by atoms with Crippen LogP contribution in [0.2, 0.25) is 0 Å². The van der Waals surface area contributed by atoms with E-state index < -0.39 is 0 Å². The predicted molar refractivity (Wildman–Crippen MR) is 104 cm³/mol. The Bertz CT molecular complexity index is 1040. The highest BCUT2D eigenvalue weighted by Crippen LogP contribution is 2.31. The molecule has 0 fully saturated rings.